The number of carbonyl (C=O) groups is 1. The van der Waals surface area contributed by atoms with Gasteiger partial charge in [-0.3, -0.25) is 4.90 Å². The number of alkyl halides is 1. The predicted molar refractivity (Wildman–Crippen MR) is 84.7 cm³/mol. The molecule has 1 saturated heterocycles. The van der Waals surface area contributed by atoms with E-state index in [1.54, 1.807) is 18.3 Å². The molecule has 24 heavy (non-hydrogen) atoms. The number of ether oxygens (including phenoxy) is 1. The number of hydrogen-bond donors (Lipinski definition) is 0. The Morgan fingerprint density at radius 3 is 3.04 bits per heavy atom. The summed E-state index contributed by atoms with van der Waals surface area (Å²) in [7, 11) is 0. The van der Waals surface area contributed by atoms with Crippen LogP contribution in [0.1, 0.15) is 5.69 Å². The van der Waals surface area contributed by atoms with Gasteiger partial charge in [0.1, 0.15) is 11.9 Å². The molecule has 0 bridgehead atoms. The van der Waals surface area contributed by atoms with Crippen LogP contribution in [0.4, 0.5) is 14.9 Å². The quantitative estimate of drug-likeness (QED) is 0.358. The van der Waals surface area contributed by atoms with E-state index in [9.17, 15) is 9.18 Å². The van der Waals surface area contributed by atoms with Crippen molar-refractivity contribution in [3.63, 3.8) is 0 Å². The third-order valence-corrected chi connectivity index (χ3v) is 3.79. The molecule has 1 fully saturated rings. The van der Waals surface area contributed by atoms with E-state index in [1.165, 1.54) is 21.9 Å². The number of nitrogens with zero attached hydrogens (tertiary/aromatic N) is 6. The second kappa shape index (κ2) is 6.77. The van der Waals surface area contributed by atoms with Crippen LogP contribution in [-0.4, -0.2) is 34.8 Å². The molecule has 1 aromatic carbocycles. The Hall–Kier alpha value is -2.77. The first-order valence-electron chi connectivity index (χ1n) is 7.00. The molecular formula is C14H12ClFN6O2. The highest BCUT2D eigenvalue weighted by atomic mass is 35.5. The molecule has 124 valence electrons. The van der Waals surface area contributed by atoms with Gasteiger partial charge in [0.05, 0.1) is 42.4 Å². The Balaban J connectivity index is 1.82. The van der Waals surface area contributed by atoms with Crippen LogP contribution < -0.4 is 4.90 Å². The summed E-state index contributed by atoms with van der Waals surface area (Å²) in [6.45, 7) is 0.230. The molecule has 0 aliphatic carbocycles. The minimum Gasteiger partial charge on any atom is -0.444 e. The van der Waals surface area contributed by atoms with Crippen molar-refractivity contribution >= 4 is 23.4 Å². The van der Waals surface area contributed by atoms with Crippen molar-refractivity contribution in [2.45, 2.75) is 12.0 Å². The van der Waals surface area contributed by atoms with Gasteiger partial charge in [-0.25, -0.2) is 14.2 Å². The van der Waals surface area contributed by atoms with Crippen molar-refractivity contribution < 1.29 is 13.9 Å². The van der Waals surface area contributed by atoms with E-state index >= 15 is 0 Å². The summed E-state index contributed by atoms with van der Waals surface area (Å²) in [6, 6.07) is 4.39. The van der Waals surface area contributed by atoms with Gasteiger partial charge < -0.3 is 9.30 Å². The molecule has 0 spiro atoms. The Bertz CT molecular complexity index is 819. The lowest BCUT2D eigenvalue weighted by atomic mass is 10.2. The molecule has 1 amide bonds. The predicted octanol–water partition coefficient (Wildman–Crippen LogP) is 3.39. The van der Waals surface area contributed by atoms with Gasteiger partial charge in [0, 0.05) is 11.1 Å². The number of amides is 1. The van der Waals surface area contributed by atoms with Gasteiger partial charge in [0.2, 0.25) is 0 Å². The Morgan fingerprint density at radius 2 is 2.38 bits per heavy atom. The summed E-state index contributed by atoms with van der Waals surface area (Å²) < 4.78 is 21.0. The third kappa shape index (κ3) is 3.12. The van der Waals surface area contributed by atoms with E-state index in [-0.39, 0.29) is 19.0 Å². The number of aromatic nitrogens is 2. The van der Waals surface area contributed by atoms with Crippen LogP contribution in [0.3, 0.4) is 0 Å². The molecule has 0 unspecified atom stereocenters. The minimum atomic E-state index is -0.604. The van der Waals surface area contributed by atoms with Crippen molar-refractivity contribution in [2.24, 2.45) is 5.11 Å². The SMILES string of the molecule is [N-]=[N+]=NC[C@H]1CN(c2ccc(-n3cnc(CCl)c3)c(F)c2)C(=O)O1. The molecule has 8 nitrogen and oxygen atoms in total. The molecule has 1 atom stereocenters. The number of anilines is 1. The average molecular weight is 351 g/mol. The highest BCUT2D eigenvalue weighted by Crippen LogP contribution is 2.25. The molecule has 10 heteroatoms. The van der Waals surface area contributed by atoms with Crippen molar-refractivity contribution in [1.82, 2.24) is 9.55 Å². The molecule has 2 heterocycles. The fraction of sp³-hybridized carbons (Fsp3) is 0.286. The highest BCUT2D eigenvalue weighted by molar-refractivity contribution is 6.16. The fourth-order valence-electron chi connectivity index (χ4n) is 2.39. The third-order valence-electron chi connectivity index (χ3n) is 3.52. The molecule has 1 aromatic heterocycles. The zero-order valence-electron chi connectivity index (χ0n) is 12.3. The number of hydrogen-bond acceptors (Lipinski definition) is 4. The first-order chi connectivity index (χ1) is 11.6. The zero-order chi connectivity index (χ0) is 17.1. The molecule has 3 rings (SSSR count). The van der Waals surface area contributed by atoms with Gasteiger partial charge in [-0.05, 0) is 23.7 Å². The summed E-state index contributed by atoms with van der Waals surface area (Å²) in [5, 5.41) is 3.38. The minimum absolute atomic E-state index is 0.0372. The fourth-order valence-corrected chi connectivity index (χ4v) is 2.53. The Kier molecular flexibility index (Phi) is 4.54. The van der Waals surface area contributed by atoms with Gasteiger partial charge in [0.25, 0.3) is 0 Å². The number of azide groups is 1. The van der Waals surface area contributed by atoms with Gasteiger partial charge in [-0.2, -0.15) is 0 Å². The topological polar surface area (TPSA) is 96.1 Å². The molecule has 1 aliphatic heterocycles. The molecule has 0 saturated carbocycles. The Morgan fingerprint density at radius 1 is 1.54 bits per heavy atom. The van der Waals surface area contributed by atoms with Crippen LogP contribution in [0.5, 0.6) is 0 Å². The highest BCUT2D eigenvalue weighted by Gasteiger charge is 2.32. The van der Waals surface area contributed by atoms with Crippen LogP contribution >= 0.6 is 11.6 Å². The summed E-state index contributed by atoms with van der Waals surface area (Å²) in [4.78, 5) is 19.8. The van der Waals surface area contributed by atoms with Gasteiger partial charge in [-0.1, -0.05) is 5.11 Å². The second-order valence-corrected chi connectivity index (χ2v) is 5.34. The number of imidazole rings is 1. The number of benzene rings is 1. The van der Waals surface area contributed by atoms with Crippen LogP contribution in [0.25, 0.3) is 16.1 Å². The molecule has 0 radical (unpaired) electrons. The molecular weight excluding hydrogens is 339 g/mol. The van der Waals surface area contributed by atoms with Crippen LogP contribution in [0.15, 0.2) is 35.8 Å². The molecule has 2 aromatic rings. The molecule has 1 aliphatic rings. The molecule has 0 N–H and O–H groups in total. The summed E-state index contributed by atoms with van der Waals surface area (Å²) in [5.74, 6) is -0.281. The standard InChI is InChI=1S/C14H12ClFN6O2/c15-4-9-6-21(8-18-9)13-2-1-10(3-12(13)16)22-7-11(5-19-20-17)24-14(22)23/h1-3,6,8,11H,4-5,7H2/t11-/m0/s1. The monoisotopic (exact) mass is 350 g/mol. The largest absolute Gasteiger partial charge is 0.444 e. The second-order valence-electron chi connectivity index (χ2n) is 5.07. The summed E-state index contributed by atoms with van der Waals surface area (Å²) >= 11 is 5.69. The van der Waals surface area contributed by atoms with Crippen LogP contribution in [-0.2, 0) is 10.6 Å². The lowest BCUT2D eigenvalue weighted by Gasteiger charge is -2.14. The van der Waals surface area contributed by atoms with Gasteiger partial charge >= 0.3 is 6.09 Å². The van der Waals surface area contributed by atoms with Crippen molar-refractivity contribution in [3.8, 4) is 5.69 Å². The van der Waals surface area contributed by atoms with E-state index in [1.807, 2.05) is 0 Å². The lowest BCUT2D eigenvalue weighted by molar-refractivity contribution is 0.145. The van der Waals surface area contributed by atoms with Crippen molar-refractivity contribution in [1.29, 1.82) is 0 Å². The smallest absolute Gasteiger partial charge is 0.414 e. The number of halogens is 2. The van der Waals surface area contributed by atoms with Gasteiger partial charge in [0.15, 0.2) is 0 Å². The van der Waals surface area contributed by atoms with Gasteiger partial charge in [-0.15, -0.1) is 11.6 Å². The lowest BCUT2D eigenvalue weighted by Crippen LogP contribution is -2.25. The Labute approximate surface area is 141 Å². The van der Waals surface area contributed by atoms with E-state index in [4.69, 9.17) is 21.9 Å². The van der Waals surface area contributed by atoms with Crippen molar-refractivity contribution in [3.05, 3.63) is 52.7 Å². The van der Waals surface area contributed by atoms with E-state index in [0.717, 1.165) is 0 Å². The van der Waals surface area contributed by atoms with Crippen LogP contribution in [0.2, 0.25) is 0 Å². The van der Waals surface area contributed by atoms with Crippen LogP contribution in [0, 0.1) is 5.82 Å². The first kappa shape index (κ1) is 16.1. The number of rotatable bonds is 5. The maximum absolute atomic E-state index is 14.4. The first-order valence-corrected chi connectivity index (χ1v) is 7.53. The van der Waals surface area contributed by atoms with E-state index in [2.05, 4.69) is 15.0 Å². The zero-order valence-corrected chi connectivity index (χ0v) is 13.1. The maximum Gasteiger partial charge on any atom is 0.414 e. The van der Waals surface area contributed by atoms with E-state index in [0.29, 0.717) is 17.1 Å². The van der Waals surface area contributed by atoms with Crippen molar-refractivity contribution in [2.75, 3.05) is 18.0 Å². The maximum atomic E-state index is 14.4. The summed E-state index contributed by atoms with van der Waals surface area (Å²) in [6.07, 6.45) is 1.95. The normalized spacial score (nSPS) is 16.8. The summed E-state index contributed by atoms with van der Waals surface area (Å²) in [5.41, 5.74) is 9.59. The number of cyclic esters (lactones) is 1. The average Bonchev–Trinajstić information content (AvgIpc) is 3.19. The van der Waals surface area contributed by atoms with E-state index < -0.39 is 18.0 Å². The number of carbonyl (C=O) groups excluding carboxylic acids is 1.